The summed E-state index contributed by atoms with van der Waals surface area (Å²) in [6, 6.07) is 1.76. The van der Waals surface area contributed by atoms with E-state index < -0.39 is 6.10 Å². The van der Waals surface area contributed by atoms with E-state index in [-0.39, 0.29) is 0 Å². The van der Waals surface area contributed by atoms with Crippen LogP contribution in [-0.4, -0.2) is 14.7 Å². The van der Waals surface area contributed by atoms with Crippen molar-refractivity contribution in [3.05, 3.63) is 39.2 Å². The zero-order chi connectivity index (χ0) is 12.4. The fourth-order valence-electron chi connectivity index (χ4n) is 1.62. The highest BCUT2D eigenvalue weighted by Crippen LogP contribution is 2.30. The van der Waals surface area contributed by atoms with Gasteiger partial charge in [0, 0.05) is 25.4 Å². The van der Waals surface area contributed by atoms with Crippen molar-refractivity contribution in [1.29, 1.82) is 0 Å². The van der Waals surface area contributed by atoms with E-state index in [1.165, 1.54) is 0 Å². The van der Waals surface area contributed by atoms with Gasteiger partial charge in [0.25, 0.3) is 0 Å². The van der Waals surface area contributed by atoms with Crippen LogP contribution in [0.3, 0.4) is 0 Å². The maximum Gasteiger partial charge on any atom is 0.183 e. The number of aromatic nitrogens is 2. The predicted molar refractivity (Wildman–Crippen MR) is 70.7 cm³/mol. The van der Waals surface area contributed by atoms with E-state index in [1.807, 2.05) is 17.7 Å². The molecule has 0 saturated carbocycles. The second kappa shape index (κ2) is 5.37. The Kier molecular flexibility index (Phi) is 4.06. The highest BCUT2D eigenvalue weighted by Gasteiger charge is 2.17. The third-order valence-electron chi connectivity index (χ3n) is 2.51. The molecular weight excluding hydrogens is 352 g/mol. The van der Waals surface area contributed by atoms with Crippen molar-refractivity contribution in [2.24, 2.45) is 0 Å². The van der Waals surface area contributed by atoms with Crippen LogP contribution in [-0.2, 0) is 13.0 Å². The summed E-state index contributed by atoms with van der Waals surface area (Å²) in [5.74, 6) is 1.37. The maximum atomic E-state index is 10.1. The smallest absolute Gasteiger partial charge is 0.183 e. The summed E-state index contributed by atoms with van der Waals surface area (Å²) in [7, 11) is 0. The Morgan fingerprint density at radius 2 is 2.29 bits per heavy atom. The Morgan fingerprint density at radius 1 is 1.53 bits per heavy atom. The number of hydrogen-bond acceptors (Lipinski definition) is 3. The topological polar surface area (TPSA) is 51.2 Å². The van der Waals surface area contributed by atoms with Gasteiger partial charge in [0.15, 0.2) is 4.67 Å². The van der Waals surface area contributed by atoms with Gasteiger partial charge in [-0.15, -0.1) is 0 Å². The largest absolute Gasteiger partial charge is 0.450 e. The Labute approximate surface area is 116 Å². The fraction of sp³-hybridized carbons (Fsp3) is 0.364. The van der Waals surface area contributed by atoms with Crippen LogP contribution < -0.4 is 0 Å². The van der Waals surface area contributed by atoms with Crippen molar-refractivity contribution in [2.75, 3.05) is 0 Å². The second-order valence-electron chi connectivity index (χ2n) is 3.62. The minimum absolute atomic E-state index is 0.438. The van der Waals surface area contributed by atoms with Crippen LogP contribution >= 0.6 is 31.9 Å². The zero-order valence-corrected chi connectivity index (χ0v) is 12.4. The number of nitrogens with zero attached hydrogens (tertiary/aromatic N) is 2. The summed E-state index contributed by atoms with van der Waals surface area (Å²) in [6.45, 7) is 2.88. The number of hydrogen-bond donors (Lipinski definition) is 1. The Hall–Kier alpha value is -0.590. The van der Waals surface area contributed by atoms with Crippen LogP contribution in [0.1, 0.15) is 24.6 Å². The van der Waals surface area contributed by atoms with Gasteiger partial charge in [0.2, 0.25) is 0 Å². The van der Waals surface area contributed by atoms with Gasteiger partial charge in [-0.05, 0) is 44.8 Å². The molecule has 0 aliphatic heterocycles. The van der Waals surface area contributed by atoms with Crippen molar-refractivity contribution in [2.45, 2.75) is 26.0 Å². The van der Waals surface area contributed by atoms with Crippen LogP contribution in [0.25, 0.3) is 0 Å². The van der Waals surface area contributed by atoms with Crippen molar-refractivity contribution in [3.63, 3.8) is 0 Å². The van der Waals surface area contributed by atoms with Crippen LogP contribution in [0.4, 0.5) is 0 Å². The molecule has 17 heavy (non-hydrogen) atoms. The average molecular weight is 364 g/mol. The molecule has 0 spiro atoms. The van der Waals surface area contributed by atoms with Crippen LogP contribution in [0.15, 0.2) is 32.0 Å². The van der Waals surface area contributed by atoms with Crippen LogP contribution in [0.5, 0.6) is 0 Å². The van der Waals surface area contributed by atoms with Gasteiger partial charge in [-0.2, -0.15) is 0 Å². The molecule has 2 heterocycles. The van der Waals surface area contributed by atoms with Gasteiger partial charge >= 0.3 is 0 Å². The van der Waals surface area contributed by atoms with Crippen molar-refractivity contribution >= 4 is 31.9 Å². The average Bonchev–Trinajstić information content (AvgIpc) is 2.86. The minimum Gasteiger partial charge on any atom is -0.450 e. The lowest BCUT2D eigenvalue weighted by Crippen LogP contribution is -2.07. The highest BCUT2D eigenvalue weighted by molar-refractivity contribution is 9.13. The van der Waals surface area contributed by atoms with E-state index >= 15 is 0 Å². The molecule has 1 atom stereocenters. The van der Waals surface area contributed by atoms with Crippen LogP contribution in [0.2, 0.25) is 0 Å². The summed E-state index contributed by atoms with van der Waals surface area (Å²) < 4.78 is 8.76. The number of aliphatic hydroxyl groups excluding tert-OH is 1. The first-order chi connectivity index (χ1) is 8.11. The lowest BCUT2D eigenvalue weighted by Gasteiger charge is -2.08. The molecule has 2 aromatic rings. The summed E-state index contributed by atoms with van der Waals surface area (Å²) in [5, 5.41) is 10.1. The van der Waals surface area contributed by atoms with Crippen molar-refractivity contribution in [3.8, 4) is 0 Å². The molecule has 0 amide bonds. The first-order valence-electron chi connectivity index (χ1n) is 5.24. The third-order valence-corrected chi connectivity index (χ3v) is 4.22. The molecule has 0 radical (unpaired) electrons. The van der Waals surface area contributed by atoms with Gasteiger partial charge < -0.3 is 14.1 Å². The summed E-state index contributed by atoms with van der Waals surface area (Å²) in [6.07, 6.45) is 3.38. The van der Waals surface area contributed by atoms with E-state index in [0.717, 1.165) is 16.8 Å². The Balaban J connectivity index is 2.14. The lowest BCUT2D eigenvalue weighted by atomic mass is 10.2. The van der Waals surface area contributed by atoms with Gasteiger partial charge in [-0.1, -0.05) is 0 Å². The summed E-state index contributed by atoms with van der Waals surface area (Å²) in [4.78, 5) is 4.22. The predicted octanol–water partition coefficient (Wildman–Crippen LogP) is 3.30. The first kappa shape index (κ1) is 12.9. The van der Waals surface area contributed by atoms with E-state index in [0.29, 0.717) is 16.9 Å². The van der Waals surface area contributed by atoms with Gasteiger partial charge in [0.1, 0.15) is 17.7 Å². The first-order valence-corrected chi connectivity index (χ1v) is 6.83. The molecule has 0 bridgehead atoms. The monoisotopic (exact) mass is 362 g/mol. The normalized spacial score (nSPS) is 12.9. The highest BCUT2D eigenvalue weighted by atomic mass is 79.9. The molecule has 6 heteroatoms. The fourth-order valence-corrected chi connectivity index (χ4v) is 2.23. The summed E-state index contributed by atoms with van der Waals surface area (Å²) >= 11 is 6.56. The van der Waals surface area contributed by atoms with E-state index in [2.05, 4.69) is 36.8 Å². The quantitative estimate of drug-likeness (QED) is 0.906. The number of halogens is 2. The van der Waals surface area contributed by atoms with Crippen molar-refractivity contribution in [1.82, 2.24) is 9.55 Å². The third kappa shape index (κ3) is 2.81. The van der Waals surface area contributed by atoms with Crippen LogP contribution in [0, 0.1) is 0 Å². The van der Waals surface area contributed by atoms with Gasteiger partial charge in [-0.3, -0.25) is 0 Å². The number of aliphatic hydroxyl groups is 1. The molecule has 1 unspecified atom stereocenters. The number of imidazole rings is 1. The molecule has 0 aliphatic carbocycles. The molecule has 0 aromatic carbocycles. The number of aryl methyl sites for hydroxylation is 1. The molecular formula is C11H12Br2N2O2. The summed E-state index contributed by atoms with van der Waals surface area (Å²) in [5.41, 5.74) is 0. The van der Waals surface area contributed by atoms with E-state index in [1.54, 1.807) is 12.3 Å². The SMILES string of the molecule is CCn1ccnc1CC(O)c1cc(Br)c(Br)o1. The number of furan rings is 1. The molecule has 92 valence electrons. The number of rotatable bonds is 4. The van der Waals surface area contributed by atoms with E-state index in [9.17, 15) is 5.11 Å². The van der Waals surface area contributed by atoms with E-state index in [4.69, 9.17) is 4.42 Å². The zero-order valence-electron chi connectivity index (χ0n) is 9.23. The minimum atomic E-state index is -0.690. The molecule has 2 rings (SSSR count). The maximum absolute atomic E-state index is 10.1. The Bertz CT molecular complexity index is 488. The van der Waals surface area contributed by atoms with Gasteiger partial charge in [-0.25, -0.2) is 4.98 Å². The standard InChI is InChI=1S/C11H12Br2N2O2/c1-2-15-4-3-14-10(15)6-8(16)9-5-7(12)11(13)17-9/h3-5,8,16H,2,6H2,1H3. The Morgan fingerprint density at radius 3 is 2.88 bits per heavy atom. The lowest BCUT2D eigenvalue weighted by molar-refractivity contribution is 0.145. The molecule has 0 saturated heterocycles. The van der Waals surface area contributed by atoms with Crippen molar-refractivity contribution < 1.29 is 9.52 Å². The molecule has 0 fully saturated rings. The molecule has 0 aliphatic rings. The molecule has 2 aromatic heterocycles. The second-order valence-corrected chi connectivity index (χ2v) is 5.19. The molecule has 1 N–H and O–H groups in total. The molecule has 4 nitrogen and oxygen atoms in total. The van der Waals surface area contributed by atoms with Gasteiger partial charge in [0.05, 0.1) is 4.47 Å².